The summed E-state index contributed by atoms with van der Waals surface area (Å²) in [4.78, 5) is 4.35. The molecule has 2 aromatic heterocycles. The van der Waals surface area contributed by atoms with Gasteiger partial charge in [-0.3, -0.25) is 9.39 Å². The number of hydrogen-bond acceptors (Lipinski definition) is 4. The van der Waals surface area contributed by atoms with Gasteiger partial charge < -0.3 is 15.4 Å². The first kappa shape index (κ1) is 17.7. The molecule has 0 bridgehead atoms. The van der Waals surface area contributed by atoms with Crippen LogP contribution in [0.25, 0.3) is 5.65 Å². The molecule has 2 aromatic rings. The zero-order chi connectivity index (χ0) is 17.5. The van der Waals surface area contributed by atoms with E-state index in [0.717, 1.165) is 37.0 Å². The first-order chi connectivity index (χ1) is 12.3. The second kappa shape index (κ2) is 8.29. The van der Waals surface area contributed by atoms with E-state index in [0.29, 0.717) is 12.0 Å². The molecule has 1 saturated carbocycles. The van der Waals surface area contributed by atoms with Crippen LogP contribution in [0.1, 0.15) is 37.9 Å². The summed E-state index contributed by atoms with van der Waals surface area (Å²) in [5.41, 5.74) is 1.18. The molecule has 7 nitrogen and oxygen atoms in total. The zero-order valence-electron chi connectivity index (χ0n) is 15.2. The van der Waals surface area contributed by atoms with Crippen LogP contribution in [0.5, 0.6) is 0 Å². The summed E-state index contributed by atoms with van der Waals surface area (Å²) in [6, 6.07) is 5.89. The van der Waals surface area contributed by atoms with Crippen molar-refractivity contribution in [3.8, 4) is 0 Å². The molecule has 0 aliphatic heterocycles. The van der Waals surface area contributed by atoms with Crippen molar-refractivity contribution in [1.29, 1.82) is 0 Å². The molecule has 0 aromatic carbocycles. The number of ether oxygens (including phenoxy) is 1. The summed E-state index contributed by atoms with van der Waals surface area (Å²) >= 11 is 0. The normalized spacial score (nSPS) is 17.1. The summed E-state index contributed by atoms with van der Waals surface area (Å²) < 4.78 is 7.29. The molecule has 0 unspecified atom stereocenters. The van der Waals surface area contributed by atoms with E-state index in [2.05, 4.69) is 25.8 Å². The smallest absolute Gasteiger partial charge is 0.191 e. The maximum Gasteiger partial charge on any atom is 0.191 e. The molecular formula is C18H28N6O. The van der Waals surface area contributed by atoms with Gasteiger partial charge in [0.05, 0.1) is 6.54 Å². The molecule has 25 heavy (non-hydrogen) atoms. The van der Waals surface area contributed by atoms with E-state index in [9.17, 15) is 0 Å². The van der Waals surface area contributed by atoms with E-state index in [-0.39, 0.29) is 0 Å². The zero-order valence-corrected chi connectivity index (χ0v) is 15.2. The molecule has 0 spiro atoms. The highest BCUT2D eigenvalue weighted by molar-refractivity contribution is 5.79. The maximum absolute atomic E-state index is 5.31. The molecule has 1 aliphatic rings. The Labute approximate surface area is 148 Å². The molecule has 2 heterocycles. The van der Waals surface area contributed by atoms with Crippen molar-refractivity contribution in [3.05, 3.63) is 30.2 Å². The van der Waals surface area contributed by atoms with Gasteiger partial charge in [0.25, 0.3) is 0 Å². The number of pyridine rings is 1. The Kier molecular flexibility index (Phi) is 5.86. The monoisotopic (exact) mass is 344 g/mol. The Balaban J connectivity index is 1.56. The molecule has 0 amide bonds. The predicted octanol–water partition coefficient (Wildman–Crippen LogP) is 1.99. The summed E-state index contributed by atoms with van der Waals surface area (Å²) in [7, 11) is 3.58. The second-order valence-corrected chi connectivity index (χ2v) is 6.77. The lowest BCUT2D eigenvalue weighted by atomic mass is 9.83. The molecular weight excluding hydrogens is 316 g/mol. The Morgan fingerprint density at radius 1 is 1.28 bits per heavy atom. The van der Waals surface area contributed by atoms with Crippen molar-refractivity contribution in [1.82, 2.24) is 25.2 Å². The molecule has 0 atom stereocenters. The molecule has 0 radical (unpaired) electrons. The number of fused-ring (bicyclic) bond motifs is 1. The fraction of sp³-hybridized carbons (Fsp3) is 0.611. The molecule has 1 aliphatic carbocycles. The number of rotatable bonds is 7. The highest BCUT2D eigenvalue weighted by Crippen LogP contribution is 2.40. The van der Waals surface area contributed by atoms with Gasteiger partial charge in [-0.1, -0.05) is 18.9 Å². The fourth-order valence-corrected chi connectivity index (χ4v) is 3.62. The van der Waals surface area contributed by atoms with Gasteiger partial charge in [-0.2, -0.15) is 0 Å². The van der Waals surface area contributed by atoms with E-state index in [4.69, 9.17) is 4.74 Å². The lowest BCUT2D eigenvalue weighted by Crippen LogP contribution is -2.43. The van der Waals surface area contributed by atoms with Gasteiger partial charge in [-0.25, -0.2) is 0 Å². The lowest BCUT2D eigenvalue weighted by molar-refractivity contribution is 0.138. The molecule has 2 N–H and O–H groups in total. The van der Waals surface area contributed by atoms with Gasteiger partial charge in [-0.15, -0.1) is 10.2 Å². The van der Waals surface area contributed by atoms with Crippen LogP contribution in [0.2, 0.25) is 0 Å². The maximum atomic E-state index is 5.31. The average molecular weight is 344 g/mol. The van der Waals surface area contributed by atoms with Gasteiger partial charge >= 0.3 is 0 Å². The standard InChI is InChI=1S/C18H28N6O/c1-19-17(21-14-18(10-12-25-2)8-4-5-9-18)20-13-16-23-22-15-7-3-6-11-24(15)16/h3,6-7,11H,4-5,8-10,12-14H2,1-2H3,(H2,19,20,21). The van der Waals surface area contributed by atoms with Crippen LogP contribution in [-0.2, 0) is 11.3 Å². The molecule has 136 valence electrons. The molecule has 0 saturated heterocycles. The highest BCUT2D eigenvalue weighted by Gasteiger charge is 2.33. The number of nitrogens with zero attached hydrogens (tertiary/aromatic N) is 4. The van der Waals surface area contributed by atoms with E-state index in [1.54, 1.807) is 14.2 Å². The minimum atomic E-state index is 0.329. The van der Waals surface area contributed by atoms with Crippen LogP contribution in [0, 0.1) is 5.41 Å². The molecule has 1 fully saturated rings. The van der Waals surface area contributed by atoms with Crippen molar-refractivity contribution in [2.24, 2.45) is 10.4 Å². The first-order valence-electron chi connectivity index (χ1n) is 8.98. The Morgan fingerprint density at radius 2 is 2.12 bits per heavy atom. The van der Waals surface area contributed by atoms with Crippen molar-refractivity contribution >= 4 is 11.6 Å². The number of guanidine groups is 1. The molecule has 7 heteroatoms. The van der Waals surface area contributed by atoms with Crippen LogP contribution in [0.15, 0.2) is 29.4 Å². The van der Waals surface area contributed by atoms with E-state index in [1.165, 1.54) is 25.7 Å². The lowest BCUT2D eigenvalue weighted by Gasteiger charge is -2.29. The van der Waals surface area contributed by atoms with Crippen molar-refractivity contribution < 1.29 is 4.74 Å². The van der Waals surface area contributed by atoms with Gasteiger partial charge in [-0.05, 0) is 36.8 Å². The summed E-state index contributed by atoms with van der Waals surface area (Å²) in [5.74, 6) is 1.67. The van der Waals surface area contributed by atoms with E-state index < -0.39 is 0 Å². The minimum absolute atomic E-state index is 0.329. The van der Waals surface area contributed by atoms with Gasteiger partial charge in [0.1, 0.15) is 0 Å². The number of hydrogen-bond donors (Lipinski definition) is 2. The topological polar surface area (TPSA) is 75.8 Å². The average Bonchev–Trinajstić information content (AvgIpc) is 3.28. The van der Waals surface area contributed by atoms with Crippen LogP contribution < -0.4 is 10.6 Å². The minimum Gasteiger partial charge on any atom is -0.385 e. The second-order valence-electron chi connectivity index (χ2n) is 6.77. The Morgan fingerprint density at radius 3 is 2.88 bits per heavy atom. The Hall–Kier alpha value is -2.15. The quantitative estimate of drug-likeness (QED) is 0.593. The first-order valence-corrected chi connectivity index (χ1v) is 8.98. The number of aromatic nitrogens is 3. The van der Waals surface area contributed by atoms with Gasteiger partial charge in [0.2, 0.25) is 0 Å². The van der Waals surface area contributed by atoms with Crippen LogP contribution in [0.4, 0.5) is 0 Å². The van der Waals surface area contributed by atoms with Gasteiger partial charge in [0.15, 0.2) is 17.4 Å². The van der Waals surface area contributed by atoms with Crippen LogP contribution in [0.3, 0.4) is 0 Å². The van der Waals surface area contributed by atoms with Crippen molar-refractivity contribution in [2.45, 2.75) is 38.6 Å². The molecule has 3 rings (SSSR count). The predicted molar refractivity (Wildman–Crippen MR) is 98.6 cm³/mol. The van der Waals surface area contributed by atoms with Crippen molar-refractivity contribution in [2.75, 3.05) is 27.3 Å². The summed E-state index contributed by atoms with van der Waals surface area (Å²) in [5, 5.41) is 15.3. The third-order valence-corrected chi connectivity index (χ3v) is 5.15. The SMILES string of the molecule is CN=C(NCc1nnc2ccccn12)NCC1(CCOC)CCCC1. The van der Waals surface area contributed by atoms with E-state index in [1.807, 2.05) is 28.8 Å². The van der Waals surface area contributed by atoms with Crippen LogP contribution >= 0.6 is 0 Å². The van der Waals surface area contributed by atoms with E-state index >= 15 is 0 Å². The number of aliphatic imine (C=N–C) groups is 1. The van der Waals surface area contributed by atoms with Gasteiger partial charge in [0, 0.05) is 33.5 Å². The van der Waals surface area contributed by atoms with Crippen LogP contribution in [-0.4, -0.2) is 47.9 Å². The largest absolute Gasteiger partial charge is 0.385 e. The van der Waals surface area contributed by atoms with Crippen molar-refractivity contribution in [3.63, 3.8) is 0 Å². The third-order valence-electron chi connectivity index (χ3n) is 5.15. The highest BCUT2D eigenvalue weighted by atomic mass is 16.5. The third kappa shape index (κ3) is 4.28. The summed E-state index contributed by atoms with van der Waals surface area (Å²) in [6.45, 7) is 2.33. The fourth-order valence-electron chi connectivity index (χ4n) is 3.62. The number of methoxy groups -OCH3 is 1. The number of nitrogens with one attached hydrogen (secondary N) is 2. The Bertz CT molecular complexity index is 704. The summed E-state index contributed by atoms with van der Waals surface area (Å²) in [6.07, 6.45) is 8.21.